The molecule has 20 heavy (non-hydrogen) atoms. The largest absolute Gasteiger partial charge is 0.469 e. The summed E-state index contributed by atoms with van der Waals surface area (Å²) in [7, 11) is 2.85. The van der Waals surface area contributed by atoms with Crippen LogP contribution < -0.4 is 4.90 Å². The topological polar surface area (TPSA) is 42.4 Å². The smallest absolute Gasteiger partial charge is 0.417 e. The minimum Gasteiger partial charge on any atom is -0.469 e. The van der Waals surface area contributed by atoms with Crippen molar-refractivity contribution in [2.24, 2.45) is 5.92 Å². The van der Waals surface area contributed by atoms with Gasteiger partial charge < -0.3 is 9.64 Å². The zero-order valence-corrected chi connectivity index (χ0v) is 11.9. The van der Waals surface area contributed by atoms with Crippen molar-refractivity contribution < 1.29 is 22.7 Å². The molecule has 0 saturated carbocycles. The summed E-state index contributed by atoms with van der Waals surface area (Å²) in [6.07, 6.45) is -3.78. The molecule has 0 spiro atoms. The van der Waals surface area contributed by atoms with Gasteiger partial charge in [0, 0.05) is 19.8 Å². The van der Waals surface area contributed by atoms with E-state index in [0.717, 1.165) is 6.07 Å². The van der Waals surface area contributed by atoms with Crippen LogP contribution in [-0.4, -0.2) is 31.7 Å². The average Bonchev–Trinajstić information content (AvgIpc) is 2.36. The Morgan fingerprint density at radius 2 is 2.15 bits per heavy atom. The number of alkyl halides is 3. The van der Waals surface area contributed by atoms with E-state index in [4.69, 9.17) is 11.6 Å². The number of carbonyl (C=O) groups excluding carboxylic acids is 1. The van der Waals surface area contributed by atoms with E-state index in [1.165, 1.54) is 12.0 Å². The lowest BCUT2D eigenvalue weighted by Crippen LogP contribution is -2.30. The van der Waals surface area contributed by atoms with Crippen molar-refractivity contribution in [2.75, 3.05) is 25.6 Å². The molecule has 0 radical (unpaired) electrons. The molecule has 1 heterocycles. The number of rotatable bonds is 4. The number of esters is 1. The van der Waals surface area contributed by atoms with Crippen molar-refractivity contribution in [3.8, 4) is 0 Å². The van der Waals surface area contributed by atoms with Crippen molar-refractivity contribution >= 4 is 23.4 Å². The van der Waals surface area contributed by atoms with Gasteiger partial charge in [-0.3, -0.25) is 4.79 Å². The molecular weight excluding hydrogens is 297 g/mol. The normalized spacial score (nSPS) is 12.9. The number of ether oxygens (including phenoxy) is 1. The first-order valence-electron chi connectivity index (χ1n) is 5.68. The highest BCUT2D eigenvalue weighted by molar-refractivity contribution is 6.33. The summed E-state index contributed by atoms with van der Waals surface area (Å²) < 4.78 is 42.0. The van der Waals surface area contributed by atoms with Gasteiger partial charge in [-0.25, -0.2) is 4.98 Å². The maximum atomic E-state index is 12.5. The van der Waals surface area contributed by atoms with E-state index in [1.807, 2.05) is 0 Å². The summed E-state index contributed by atoms with van der Waals surface area (Å²) in [5.41, 5.74) is -0.916. The lowest BCUT2D eigenvalue weighted by atomic mass is 10.1. The number of hydrogen-bond donors (Lipinski definition) is 0. The summed E-state index contributed by atoms with van der Waals surface area (Å²) in [5.74, 6) is -0.694. The number of halogens is 4. The Labute approximate surface area is 119 Å². The predicted molar refractivity (Wildman–Crippen MR) is 68.7 cm³/mol. The molecule has 0 saturated heterocycles. The zero-order valence-electron chi connectivity index (χ0n) is 11.2. The van der Waals surface area contributed by atoms with Crippen LogP contribution in [0, 0.1) is 5.92 Å². The second kappa shape index (κ2) is 6.30. The number of carbonyl (C=O) groups is 1. The molecule has 0 aliphatic heterocycles. The van der Waals surface area contributed by atoms with Gasteiger partial charge in [-0.1, -0.05) is 18.5 Å². The fraction of sp³-hybridized carbons (Fsp3) is 0.500. The molecule has 0 fully saturated rings. The van der Waals surface area contributed by atoms with Crippen LogP contribution in [0.25, 0.3) is 0 Å². The van der Waals surface area contributed by atoms with Gasteiger partial charge in [-0.15, -0.1) is 0 Å². The van der Waals surface area contributed by atoms with Crippen molar-refractivity contribution in [1.82, 2.24) is 4.98 Å². The highest BCUT2D eigenvalue weighted by Gasteiger charge is 2.32. The van der Waals surface area contributed by atoms with Crippen molar-refractivity contribution in [1.29, 1.82) is 0 Å². The standard InChI is InChI=1S/C12H14ClF3N2O2/c1-7(11(19)20-3)6-18(2)10-9(13)4-8(5-17-10)12(14,15)16/h4-5,7H,6H2,1-3H3. The molecule has 0 amide bonds. The van der Waals surface area contributed by atoms with Crippen molar-refractivity contribution in [2.45, 2.75) is 13.1 Å². The van der Waals surface area contributed by atoms with E-state index in [2.05, 4.69) is 9.72 Å². The molecule has 0 aromatic carbocycles. The quantitative estimate of drug-likeness (QED) is 0.802. The lowest BCUT2D eigenvalue weighted by Gasteiger charge is -2.22. The molecule has 1 unspecified atom stereocenters. The van der Waals surface area contributed by atoms with E-state index in [9.17, 15) is 18.0 Å². The average molecular weight is 311 g/mol. The summed E-state index contributed by atoms with van der Waals surface area (Å²) in [5, 5.41) is -0.126. The second-order valence-electron chi connectivity index (χ2n) is 4.33. The number of aromatic nitrogens is 1. The molecule has 1 aromatic rings. The first kappa shape index (κ1) is 16.6. The number of methoxy groups -OCH3 is 1. The fourth-order valence-electron chi connectivity index (χ4n) is 1.64. The van der Waals surface area contributed by atoms with E-state index < -0.39 is 23.6 Å². The molecule has 1 rings (SSSR count). The van der Waals surface area contributed by atoms with Gasteiger partial charge in [-0.05, 0) is 6.07 Å². The Kier molecular flexibility index (Phi) is 5.21. The van der Waals surface area contributed by atoms with Gasteiger partial charge in [0.25, 0.3) is 0 Å². The van der Waals surface area contributed by atoms with E-state index in [-0.39, 0.29) is 17.4 Å². The number of hydrogen-bond acceptors (Lipinski definition) is 4. The van der Waals surface area contributed by atoms with Gasteiger partial charge in [0.2, 0.25) is 0 Å². The first-order valence-corrected chi connectivity index (χ1v) is 6.06. The van der Waals surface area contributed by atoms with Crippen LogP contribution in [0.4, 0.5) is 19.0 Å². The van der Waals surface area contributed by atoms with E-state index in [0.29, 0.717) is 6.20 Å². The number of anilines is 1. The van der Waals surface area contributed by atoms with Gasteiger partial charge in [0.1, 0.15) is 5.82 Å². The Morgan fingerprint density at radius 3 is 2.60 bits per heavy atom. The Balaban J connectivity index is 2.89. The van der Waals surface area contributed by atoms with Crippen LogP contribution in [-0.2, 0) is 15.7 Å². The summed E-state index contributed by atoms with van der Waals surface area (Å²) in [6, 6.07) is 0.809. The molecule has 4 nitrogen and oxygen atoms in total. The van der Waals surface area contributed by atoms with Crippen molar-refractivity contribution in [3.05, 3.63) is 22.8 Å². The Bertz CT molecular complexity index is 494. The van der Waals surface area contributed by atoms with E-state index >= 15 is 0 Å². The fourth-order valence-corrected chi connectivity index (χ4v) is 1.95. The summed E-state index contributed by atoms with van der Waals surface area (Å²) in [6.45, 7) is 1.87. The minimum absolute atomic E-state index is 0.126. The van der Waals surface area contributed by atoms with Crippen LogP contribution in [0.2, 0.25) is 5.02 Å². The summed E-state index contributed by atoms with van der Waals surface area (Å²) >= 11 is 5.81. The molecule has 0 aliphatic rings. The van der Waals surface area contributed by atoms with Gasteiger partial charge in [-0.2, -0.15) is 13.2 Å². The van der Waals surface area contributed by atoms with Gasteiger partial charge in [0.05, 0.1) is 23.6 Å². The van der Waals surface area contributed by atoms with Crippen LogP contribution in [0.15, 0.2) is 12.3 Å². The molecule has 8 heteroatoms. The van der Waals surface area contributed by atoms with Gasteiger partial charge in [0.15, 0.2) is 0 Å². The lowest BCUT2D eigenvalue weighted by molar-refractivity contribution is -0.144. The number of nitrogens with zero attached hydrogens (tertiary/aromatic N) is 2. The SMILES string of the molecule is COC(=O)C(C)CN(C)c1ncc(C(F)(F)F)cc1Cl. The first-order chi connectivity index (χ1) is 9.16. The molecule has 0 bridgehead atoms. The molecule has 0 aliphatic carbocycles. The minimum atomic E-state index is -4.49. The predicted octanol–water partition coefficient (Wildman–Crippen LogP) is 3.00. The maximum Gasteiger partial charge on any atom is 0.417 e. The zero-order chi connectivity index (χ0) is 15.5. The second-order valence-corrected chi connectivity index (χ2v) is 4.74. The van der Waals surface area contributed by atoms with Crippen LogP contribution in [0.5, 0.6) is 0 Å². The molecule has 112 valence electrons. The van der Waals surface area contributed by atoms with E-state index in [1.54, 1.807) is 14.0 Å². The van der Waals surface area contributed by atoms with Crippen molar-refractivity contribution in [3.63, 3.8) is 0 Å². The third kappa shape index (κ3) is 4.00. The summed E-state index contributed by atoms with van der Waals surface area (Å²) in [4.78, 5) is 16.5. The van der Waals surface area contributed by atoms with Gasteiger partial charge >= 0.3 is 12.1 Å². The number of pyridine rings is 1. The third-order valence-electron chi connectivity index (χ3n) is 2.66. The molecular formula is C12H14ClF3N2O2. The highest BCUT2D eigenvalue weighted by atomic mass is 35.5. The Hall–Kier alpha value is -1.50. The molecule has 1 atom stereocenters. The third-order valence-corrected chi connectivity index (χ3v) is 2.94. The Morgan fingerprint density at radius 1 is 1.55 bits per heavy atom. The van der Waals surface area contributed by atoms with Crippen LogP contribution in [0.3, 0.4) is 0 Å². The monoisotopic (exact) mass is 310 g/mol. The van der Waals surface area contributed by atoms with Crippen LogP contribution >= 0.6 is 11.6 Å². The highest BCUT2D eigenvalue weighted by Crippen LogP contribution is 2.33. The molecule has 0 N–H and O–H groups in total. The van der Waals surface area contributed by atoms with Crippen LogP contribution in [0.1, 0.15) is 12.5 Å². The maximum absolute atomic E-state index is 12.5. The molecule has 1 aromatic heterocycles.